The predicted octanol–water partition coefficient (Wildman–Crippen LogP) is 4.96. The second-order valence-electron chi connectivity index (χ2n) is 12.4. The fourth-order valence-corrected chi connectivity index (χ4v) is 7.86. The third-order valence-electron chi connectivity index (χ3n) is 8.30. The normalized spacial score (nSPS) is 13.4. The molecule has 0 fully saturated rings. The molecule has 0 aliphatic heterocycles. The molecular weight excluding hydrogens is 650 g/mol. The molecule has 12 heteroatoms. The van der Waals surface area contributed by atoms with Crippen LogP contribution in [0.15, 0.2) is 72.8 Å². The second-order valence-corrected chi connectivity index (χ2v) is 14.7. The lowest BCUT2D eigenvalue weighted by Gasteiger charge is -2.28. The van der Waals surface area contributed by atoms with Gasteiger partial charge < -0.3 is 26.4 Å². The first-order chi connectivity index (χ1) is 23.4. The summed E-state index contributed by atoms with van der Waals surface area (Å²) in [6.07, 6.45) is 1.51. The Hall–Kier alpha value is -3.87. The first-order valence-electron chi connectivity index (χ1n) is 17.0. The van der Waals surface area contributed by atoms with E-state index < -0.39 is 62.6 Å². The van der Waals surface area contributed by atoms with E-state index in [-0.39, 0.29) is 25.1 Å². The molecule has 0 spiro atoms. The van der Waals surface area contributed by atoms with Gasteiger partial charge in [-0.3, -0.25) is 4.79 Å². The van der Waals surface area contributed by atoms with E-state index in [1.165, 1.54) is 0 Å². The van der Waals surface area contributed by atoms with E-state index in [1.807, 2.05) is 75.4 Å². The zero-order chi connectivity index (χ0) is 35.8. The van der Waals surface area contributed by atoms with Gasteiger partial charge in [-0.1, -0.05) is 88.2 Å². The standard InChI is InChI=1S/C37H50F2N4O5S/c1-4-11-32(12-5-2)49(47,48)25-34(43-37(46)41-23-27-13-8-7-9-14-27)36(45)42-33(20-29-18-30(38)21-31(39)19-29)35(44)24-40-22-28-16-10-15-26(6-3)17-28/h7-10,13-19,21,32-35,40,44H,4-6,11-12,20,22-25H2,1-3H3,(H,42,45)(H2,41,43,46)/t33-,34-,35?/m0/s1. The monoisotopic (exact) mass is 700 g/mol. The molecule has 3 aromatic carbocycles. The Balaban J connectivity index is 1.84. The number of aliphatic hydroxyl groups excluding tert-OH is 1. The number of carbonyl (C=O) groups excluding carboxylic acids is 2. The number of carbonyl (C=O) groups is 2. The fourth-order valence-electron chi connectivity index (χ4n) is 5.70. The van der Waals surface area contributed by atoms with Gasteiger partial charge in [0.25, 0.3) is 0 Å². The lowest BCUT2D eigenvalue weighted by Crippen LogP contribution is -2.58. The minimum absolute atomic E-state index is 0.00211. The number of hydrogen-bond donors (Lipinski definition) is 5. The van der Waals surface area contributed by atoms with E-state index in [0.29, 0.717) is 32.2 Å². The highest BCUT2D eigenvalue weighted by Crippen LogP contribution is 2.18. The van der Waals surface area contributed by atoms with Gasteiger partial charge in [-0.2, -0.15) is 0 Å². The summed E-state index contributed by atoms with van der Waals surface area (Å²) in [7, 11) is -3.86. The molecule has 0 radical (unpaired) electrons. The van der Waals surface area contributed by atoms with E-state index in [4.69, 9.17) is 0 Å². The third-order valence-corrected chi connectivity index (χ3v) is 10.6. The summed E-state index contributed by atoms with van der Waals surface area (Å²) in [6.45, 7) is 6.37. The zero-order valence-corrected chi connectivity index (χ0v) is 29.4. The molecule has 5 N–H and O–H groups in total. The van der Waals surface area contributed by atoms with Crippen molar-refractivity contribution in [3.8, 4) is 0 Å². The summed E-state index contributed by atoms with van der Waals surface area (Å²) in [5.41, 5.74) is 3.13. The second kappa shape index (κ2) is 20.0. The van der Waals surface area contributed by atoms with Gasteiger partial charge >= 0.3 is 6.03 Å². The molecule has 1 unspecified atom stereocenters. The lowest BCUT2D eigenvalue weighted by atomic mass is 10.00. The predicted molar refractivity (Wildman–Crippen MR) is 189 cm³/mol. The van der Waals surface area contributed by atoms with Crippen LogP contribution >= 0.6 is 0 Å². The van der Waals surface area contributed by atoms with Crippen molar-refractivity contribution in [3.63, 3.8) is 0 Å². The first kappa shape index (κ1) is 39.6. The highest BCUT2D eigenvalue weighted by Gasteiger charge is 2.34. The molecule has 0 saturated carbocycles. The topological polar surface area (TPSA) is 137 Å². The quantitative estimate of drug-likeness (QED) is 0.113. The molecule has 0 bridgehead atoms. The maximum Gasteiger partial charge on any atom is 0.315 e. The van der Waals surface area contributed by atoms with Crippen LogP contribution in [0.2, 0.25) is 0 Å². The molecule has 49 heavy (non-hydrogen) atoms. The van der Waals surface area contributed by atoms with Crippen LogP contribution in [0, 0.1) is 11.6 Å². The highest BCUT2D eigenvalue weighted by molar-refractivity contribution is 7.92. The Morgan fingerprint density at radius 2 is 1.41 bits per heavy atom. The number of nitrogens with one attached hydrogen (secondary N) is 4. The zero-order valence-electron chi connectivity index (χ0n) is 28.6. The Morgan fingerprint density at radius 1 is 0.776 bits per heavy atom. The Labute approximate surface area is 289 Å². The molecule has 9 nitrogen and oxygen atoms in total. The lowest BCUT2D eigenvalue weighted by molar-refractivity contribution is -0.124. The van der Waals surface area contributed by atoms with E-state index in [1.54, 1.807) is 0 Å². The molecule has 3 amide bonds. The van der Waals surface area contributed by atoms with E-state index in [0.717, 1.165) is 41.3 Å². The van der Waals surface area contributed by atoms with Crippen molar-refractivity contribution < 1.29 is 31.9 Å². The van der Waals surface area contributed by atoms with Crippen LogP contribution in [-0.2, 0) is 40.6 Å². The molecule has 3 atom stereocenters. The number of aliphatic hydroxyl groups is 1. The highest BCUT2D eigenvalue weighted by atomic mass is 32.2. The number of aryl methyl sites for hydroxylation is 1. The van der Waals surface area contributed by atoms with Crippen LogP contribution in [0.1, 0.15) is 68.7 Å². The van der Waals surface area contributed by atoms with Crippen molar-refractivity contribution in [2.75, 3.05) is 12.3 Å². The van der Waals surface area contributed by atoms with Gasteiger partial charge in [0.05, 0.1) is 23.1 Å². The van der Waals surface area contributed by atoms with E-state index in [9.17, 15) is 31.9 Å². The van der Waals surface area contributed by atoms with Gasteiger partial charge in [0.2, 0.25) is 5.91 Å². The minimum atomic E-state index is -3.86. The smallest absolute Gasteiger partial charge is 0.315 e. The maximum atomic E-state index is 14.1. The van der Waals surface area contributed by atoms with Crippen molar-refractivity contribution in [3.05, 3.63) is 107 Å². The number of amides is 3. The number of sulfone groups is 1. The summed E-state index contributed by atoms with van der Waals surface area (Å²) >= 11 is 0. The van der Waals surface area contributed by atoms with Gasteiger partial charge in [-0.25, -0.2) is 22.0 Å². The molecular formula is C37H50F2N4O5S. The van der Waals surface area contributed by atoms with Crippen molar-refractivity contribution in [1.29, 1.82) is 0 Å². The largest absolute Gasteiger partial charge is 0.390 e. The number of benzene rings is 3. The summed E-state index contributed by atoms with van der Waals surface area (Å²) in [5.74, 6) is -3.14. The molecule has 0 aliphatic carbocycles. The van der Waals surface area contributed by atoms with Crippen LogP contribution in [0.4, 0.5) is 13.6 Å². The number of rotatable bonds is 20. The van der Waals surface area contributed by atoms with E-state index in [2.05, 4.69) is 21.3 Å². The van der Waals surface area contributed by atoms with Gasteiger partial charge in [0.1, 0.15) is 17.7 Å². The molecule has 0 heterocycles. The average molecular weight is 701 g/mol. The summed E-state index contributed by atoms with van der Waals surface area (Å²) in [4.78, 5) is 26.9. The van der Waals surface area contributed by atoms with Gasteiger partial charge in [-0.05, 0) is 60.1 Å². The Kier molecular flexibility index (Phi) is 16.1. The van der Waals surface area contributed by atoms with Crippen LogP contribution in [0.3, 0.4) is 0 Å². The molecule has 3 rings (SSSR count). The maximum absolute atomic E-state index is 14.1. The number of urea groups is 1. The average Bonchev–Trinajstić information content (AvgIpc) is 3.06. The summed E-state index contributed by atoms with van der Waals surface area (Å²) in [5, 5.41) is 21.6. The van der Waals surface area contributed by atoms with Gasteiger partial charge in [-0.15, -0.1) is 0 Å². The molecule has 268 valence electrons. The Bertz CT molecular complexity index is 1570. The Morgan fingerprint density at radius 3 is 2.04 bits per heavy atom. The van der Waals surface area contributed by atoms with Crippen LogP contribution in [-0.4, -0.2) is 61.2 Å². The molecule has 0 aromatic heterocycles. The fraction of sp³-hybridized carbons (Fsp3) is 0.459. The molecule has 0 aliphatic rings. The summed E-state index contributed by atoms with van der Waals surface area (Å²) in [6, 6.07) is 16.6. The van der Waals surface area contributed by atoms with Crippen LogP contribution in [0.5, 0.6) is 0 Å². The third kappa shape index (κ3) is 13.5. The first-order valence-corrected chi connectivity index (χ1v) is 18.7. The molecule has 0 saturated heterocycles. The van der Waals surface area contributed by atoms with E-state index >= 15 is 0 Å². The number of hydrogen-bond acceptors (Lipinski definition) is 6. The van der Waals surface area contributed by atoms with Gasteiger partial charge in [0.15, 0.2) is 9.84 Å². The van der Waals surface area contributed by atoms with Crippen molar-refractivity contribution in [1.82, 2.24) is 21.3 Å². The van der Waals surface area contributed by atoms with Crippen molar-refractivity contribution >= 4 is 21.8 Å². The van der Waals surface area contributed by atoms with Crippen molar-refractivity contribution in [2.24, 2.45) is 0 Å². The number of halogens is 2. The minimum Gasteiger partial charge on any atom is -0.390 e. The molecule has 3 aromatic rings. The summed E-state index contributed by atoms with van der Waals surface area (Å²) < 4.78 is 55.4. The van der Waals surface area contributed by atoms with Crippen LogP contribution in [0.25, 0.3) is 0 Å². The van der Waals surface area contributed by atoms with Crippen LogP contribution < -0.4 is 21.3 Å². The SMILES string of the molecule is CCCC(CCC)S(=O)(=O)C[C@H](NC(=O)NCc1ccccc1)C(=O)N[C@@H](Cc1cc(F)cc(F)c1)C(O)CNCc1cccc(CC)c1. The van der Waals surface area contributed by atoms with Crippen molar-refractivity contribution in [2.45, 2.75) is 95.8 Å². The van der Waals surface area contributed by atoms with Gasteiger partial charge in [0, 0.05) is 25.7 Å².